The molecular weight excluding hydrogens is 396 g/mol. The first-order chi connectivity index (χ1) is 13.7. The maximum absolute atomic E-state index is 10.2. The molecular formula is C18H42N6O6. The summed E-state index contributed by atoms with van der Waals surface area (Å²) in [7, 11) is 0. The topological polar surface area (TPSA) is 268 Å². The Bertz CT molecular complexity index is 480. The second kappa shape index (κ2) is 19.2. The molecule has 0 aliphatic heterocycles. The third kappa shape index (κ3) is 20.9. The summed E-state index contributed by atoms with van der Waals surface area (Å²) in [5.41, 5.74) is 31.9. The summed E-state index contributed by atoms with van der Waals surface area (Å²) in [6, 6.07) is -2.96. The van der Waals surface area contributed by atoms with Crippen molar-refractivity contribution in [3.05, 3.63) is 0 Å². The predicted octanol–water partition coefficient (Wildman–Crippen LogP) is -1.42. The molecule has 0 aromatic carbocycles. The second-order valence-electron chi connectivity index (χ2n) is 7.16. The van der Waals surface area contributed by atoms with E-state index in [1.165, 1.54) is 0 Å². The lowest BCUT2D eigenvalue weighted by Gasteiger charge is -2.13. The predicted molar refractivity (Wildman–Crippen MR) is 115 cm³/mol. The molecule has 0 bridgehead atoms. The van der Waals surface area contributed by atoms with Crippen molar-refractivity contribution in [1.29, 1.82) is 0 Å². The fraction of sp³-hybridized carbons (Fsp3) is 0.833. The molecule has 30 heavy (non-hydrogen) atoms. The molecule has 12 heteroatoms. The maximum atomic E-state index is 10.2. The summed E-state index contributed by atoms with van der Waals surface area (Å²) >= 11 is 0. The molecule has 0 radical (unpaired) electrons. The molecule has 6 atom stereocenters. The smallest absolute Gasteiger partial charge is 0.322 e. The van der Waals surface area contributed by atoms with Crippen LogP contribution in [0.2, 0.25) is 0 Å². The van der Waals surface area contributed by atoms with E-state index in [1.807, 2.05) is 20.8 Å². The van der Waals surface area contributed by atoms with E-state index in [2.05, 4.69) is 0 Å². The number of rotatable bonds is 12. The average Bonchev–Trinajstić information content (AvgIpc) is 2.65. The summed E-state index contributed by atoms with van der Waals surface area (Å²) < 4.78 is 0. The molecule has 0 aliphatic carbocycles. The van der Waals surface area contributed by atoms with Gasteiger partial charge in [-0.1, -0.05) is 20.3 Å². The molecule has 0 aromatic heterocycles. The van der Waals surface area contributed by atoms with Crippen LogP contribution in [0.25, 0.3) is 0 Å². The lowest BCUT2D eigenvalue weighted by molar-refractivity contribution is -0.139. The highest BCUT2D eigenvalue weighted by molar-refractivity contribution is 5.74. The Hall–Kier alpha value is -1.83. The van der Waals surface area contributed by atoms with E-state index < -0.39 is 42.1 Å². The van der Waals surface area contributed by atoms with Crippen LogP contribution in [-0.4, -0.2) is 69.5 Å². The zero-order valence-corrected chi connectivity index (χ0v) is 18.2. The Labute approximate surface area is 178 Å². The second-order valence-corrected chi connectivity index (χ2v) is 7.16. The van der Waals surface area contributed by atoms with Gasteiger partial charge in [0.15, 0.2) is 0 Å². The van der Waals surface area contributed by atoms with Crippen molar-refractivity contribution in [2.45, 2.75) is 95.5 Å². The summed E-state index contributed by atoms with van der Waals surface area (Å²) in [5, 5.41) is 25.0. The van der Waals surface area contributed by atoms with Crippen LogP contribution in [0.3, 0.4) is 0 Å². The number of aliphatic carboxylic acids is 3. The van der Waals surface area contributed by atoms with E-state index in [1.54, 1.807) is 0 Å². The van der Waals surface area contributed by atoms with Gasteiger partial charge in [0.05, 0.1) is 0 Å². The highest BCUT2D eigenvalue weighted by Gasteiger charge is 2.18. The summed E-state index contributed by atoms with van der Waals surface area (Å²) in [6.07, 6.45) is 3.75. The third-order valence-electron chi connectivity index (χ3n) is 4.02. The third-order valence-corrected chi connectivity index (χ3v) is 4.02. The zero-order chi connectivity index (χ0) is 24.4. The van der Waals surface area contributed by atoms with Gasteiger partial charge in [0.2, 0.25) is 0 Å². The molecule has 6 unspecified atom stereocenters. The van der Waals surface area contributed by atoms with Crippen molar-refractivity contribution < 1.29 is 29.7 Å². The Morgan fingerprint density at radius 3 is 1.50 bits per heavy atom. The van der Waals surface area contributed by atoms with Crippen LogP contribution in [0.1, 0.15) is 59.3 Å². The van der Waals surface area contributed by atoms with Crippen molar-refractivity contribution >= 4 is 17.9 Å². The van der Waals surface area contributed by atoms with E-state index in [0.29, 0.717) is 25.7 Å². The van der Waals surface area contributed by atoms with Gasteiger partial charge in [-0.2, -0.15) is 0 Å². The average molecular weight is 439 g/mol. The van der Waals surface area contributed by atoms with Crippen LogP contribution >= 0.6 is 0 Å². The van der Waals surface area contributed by atoms with Crippen molar-refractivity contribution in [3.63, 3.8) is 0 Å². The Kier molecular flexibility index (Phi) is 21.0. The lowest BCUT2D eigenvalue weighted by Crippen LogP contribution is -2.46. The number of carboxylic acid groups (broad SMARTS) is 3. The molecule has 0 aliphatic rings. The molecule has 0 saturated heterocycles. The van der Waals surface area contributed by atoms with Gasteiger partial charge < -0.3 is 49.7 Å². The van der Waals surface area contributed by atoms with Crippen LogP contribution in [0, 0.1) is 0 Å². The molecule has 0 heterocycles. The van der Waals surface area contributed by atoms with Crippen molar-refractivity contribution in [2.75, 3.05) is 0 Å². The van der Waals surface area contributed by atoms with Crippen LogP contribution in [0.15, 0.2) is 0 Å². The number of hydrogen-bond donors (Lipinski definition) is 9. The quantitative estimate of drug-likeness (QED) is 0.170. The van der Waals surface area contributed by atoms with E-state index in [0.717, 1.165) is 12.8 Å². The van der Waals surface area contributed by atoms with Crippen LogP contribution in [-0.2, 0) is 14.4 Å². The molecule has 0 spiro atoms. The highest BCUT2D eigenvalue weighted by Crippen LogP contribution is 1.98. The van der Waals surface area contributed by atoms with E-state index >= 15 is 0 Å². The van der Waals surface area contributed by atoms with Crippen molar-refractivity contribution in [2.24, 2.45) is 34.4 Å². The van der Waals surface area contributed by atoms with Gasteiger partial charge in [0, 0.05) is 18.1 Å². The normalized spacial score (nSPS) is 16.3. The van der Waals surface area contributed by atoms with Crippen LogP contribution < -0.4 is 34.4 Å². The van der Waals surface area contributed by atoms with Gasteiger partial charge in [0.25, 0.3) is 0 Å². The van der Waals surface area contributed by atoms with E-state index in [4.69, 9.17) is 49.7 Å². The minimum Gasteiger partial charge on any atom is -0.480 e. The zero-order valence-electron chi connectivity index (χ0n) is 18.2. The Morgan fingerprint density at radius 1 is 0.733 bits per heavy atom. The molecule has 0 amide bonds. The van der Waals surface area contributed by atoms with Gasteiger partial charge >= 0.3 is 17.9 Å². The van der Waals surface area contributed by atoms with E-state index in [-0.39, 0.29) is 12.1 Å². The number of hydrogen-bond acceptors (Lipinski definition) is 9. The molecule has 0 rings (SSSR count). The monoisotopic (exact) mass is 438 g/mol. The van der Waals surface area contributed by atoms with Gasteiger partial charge in [0.1, 0.15) is 18.1 Å². The fourth-order valence-corrected chi connectivity index (χ4v) is 1.86. The lowest BCUT2D eigenvalue weighted by atomic mass is 10.1. The maximum Gasteiger partial charge on any atom is 0.322 e. The fourth-order valence-electron chi connectivity index (χ4n) is 1.86. The summed E-state index contributed by atoms with van der Waals surface area (Å²) in [4.78, 5) is 30.5. The number of nitrogens with two attached hydrogens (primary N) is 6. The number of carboxylic acids is 3. The van der Waals surface area contributed by atoms with Crippen molar-refractivity contribution in [3.8, 4) is 0 Å². The highest BCUT2D eigenvalue weighted by atomic mass is 16.4. The number of carbonyl (C=O) groups is 3. The van der Waals surface area contributed by atoms with Crippen molar-refractivity contribution in [1.82, 2.24) is 0 Å². The van der Waals surface area contributed by atoms with Gasteiger partial charge in [-0.25, -0.2) is 0 Å². The molecule has 180 valence electrons. The first kappa shape index (κ1) is 32.8. The summed E-state index contributed by atoms with van der Waals surface area (Å²) in [5.74, 6) is -2.97. The van der Waals surface area contributed by atoms with Gasteiger partial charge in [-0.15, -0.1) is 0 Å². The first-order valence-corrected chi connectivity index (χ1v) is 9.92. The molecule has 12 nitrogen and oxygen atoms in total. The Morgan fingerprint density at radius 2 is 1.20 bits per heavy atom. The first-order valence-electron chi connectivity index (χ1n) is 9.92. The molecule has 0 saturated carbocycles. The Balaban J connectivity index is -0.000000364. The molecule has 0 fully saturated rings. The molecule has 0 aromatic rings. The largest absolute Gasteiger partial charge is 0.480 e. The van der Waals surface area contributed by atoms with Gasteiger partial charge in [-0.05, 0) is 39.0 Å². The standard InChI is InChI=1S/3C6H14N2O2/c1-4(7)2-3-5(8)6(9)10;1-2-4(7)3-5(8)6(9)10;1-2-3-4(7)5(8)6(9)10/h3*4-5H,2-3,7-8H2,1H3,(H,9,10). The van der Waals surface area contributed by atoms with Crippen LogP contribution in [0.4, 0.5) is 0 Å². The minimum atomic E-state index is -1.03. The summed E-state index contributed by atoms with van der Waals surface area (Å²) in [6.45, 7) is 5.67. The van der Waals surface area contributed by atoms with Crippen LogP contribution in [0.5, 0.6) is 0 Å². The SMILES string of the molecule is CC(N)CCC(N)C(=O)O.CCC(N)CC(N)C(=O)O.CCCC(N)C(N)C(=O)O. The van der Waals surface area contributed by atoms with Gasteiger partial charge in [-0.3, -0.25) is 14.4 Å². The molecule has 15 N–H and O–H groups in total. The minimum absolute atomic E-state index is 0.0328. The van der Waals surface area contributed by atoms with E-state index in [9.17, 15) is 14.4 Å².